The molecule has 0 saturated heterocycles. The van der Waals surface area contributed by atoms with Crippen LogP contribution in [0.4, 0.5) is 0 Å². The number of ether oxygens (including phenoxy) is 1. The highest BCUT2D eigenvalue weighted by Gasteiger charge is 2.16. The van der Waals surface area contributed by atoms with Crippen molar-refractivity contribution in [1.82, 2.24) is 10.2 Å². The molecule has 0 aliphatic heterocycles. The van der Waals surface area contributed by atoms with E-state index in [0.717, 1.165) is 16.2 Å². The standard InChI is InChI=1S/C20H26N2O2S/c1-15-8-5-6-11-19(15)25-14-20(23)21-13-18(22(2)3)16-9-7-10-17(12-16)24-4/h5-12,18H,13-14H2,1-4H3,(H,21,23). The largest absolute Gasteiger partial charge is 0.497 e. The number of hydrogen-bond donors (Lipinski definition) is 1. The number of likely N-dealkylation sites (N-methyl/N-ethyl adjacent to an activating group) is 1. The minimum absolute atomic E-state index is 0.0444. The Bertz CT molecular complexity index is 704. The summed E-state index contributed by atoms with van der Waals surface area (Å²) in [5, 5.41) is 3.05. The van der Waals surface area contributed by atoms with Gasteiger partial charge in [0.25, 0.3) is 0 Å². The summed E-state index contributed by atoms with van der Waals surface area (Å²) >= 11 is 1.57. The molecule has 25 heavy (non-hydrogen) atoms. The number of carbonyl (C=O) groups excluding carboxylic acids is 1. The minimum Gasteiger partial charge on any atom is -0.497 e. The molecule has 0 saturated carbocycles. The number of aryl methyl sites for hydroxylation is 1. The van der Waals surface area contributed by atoms with Gasteiger partial charge in [-0.15, -0.1) is 11.8 Å². The SMILES string of the molecule is COc1cccc(C(CNC(=O)CSc2ccccc2C)N(C)C)c1. The third-order valence-corrected chi connectivity index (χ3v) is 5.22. The van der Waals surface area contributed by atoms with Crippen LogP contribution in [0.5, 0.6) is 5.75 Å². The maximum Gasteiger partial charge on any atom is 0.230 e. The molecule has 2 rings (SSSR count). The molecule has 1 unspecified atom stereocenters. The van der Waals surface area contributed by atoms with Crippen LogP contribution in [0.25, 0.3) is 0 Å². The highest BCUT2D eigenvalue weighted by Crippen LogP contribution is 2.23. The Morgan fingerprint density at radius 1 is 1.20 bits per heavy atom. The molecule has 2 aromatic carbocycles. The van der Waals surface area contributed by atoms with Crippen LogP contribution in [-0.4, -0.2) is 44.3 Å². The number of rotatable bonds is 8. The van der Waals surface area contributed by atoms with E-state index in [2.05, 4.69) is 29.3 Å². The average molecular weight is 359 g/mol. The van der Waals surface area contributed by atoms with Crippen LogP contribution in [0.2, 0.25) is 0 Å². The fourth-order valence-corrected chi connectivity index (χ4v) is 3.43. The Morgan fingerprint density at radius 3 is 2.64 bits per heavy atom. The van der Waals surface area contributed by atoms with Gasteiger partial charge in [-0.3, -0.25) is 4.79 Å². The molecule has 0 bridgehead atoms. The second-order valence-corrected chi connectivity index (χ2v) is 7.13. The summed E-state index contributed by atoms with van der Waals surface area (Å²) in [4.78, 5) is 15.5. The van der Waals surface area contributed by atoms with Crippen molar-refractivity contribution in [1.29, 1.82) is 0 Å². The van der Waals surface area contributed by atoms with Crippen LogP contribution >= 0.6 is 11.8 Å². The average Bonchev–Trinajstić information content (AvgIpc) is 2.61. The van der Waals surface area contributed by atoms with Crippen molar-refractivity contribution in [3.8, 4) is 5.75 Å². The van der Waals surface area contributed by atoms with Crippen molar-refractivity contribution in [3.05, 3.63) is 59.7 Å². The Hall–Kier alpha value is -1.98. The number of nitrogens with one attached hydrogen (secondary N) is 1. The highest BCUT2D eigenvalue weighted by atomic mass is 32.2. The van der Waals surface area contributed by atoms with Gasteiger partial charge < -0.3 is 15.0 Å². The molecule has 0 fully saturated rings. The van der Waals surface area contributed by atoms with E-state index in [1.165, 1.54) is 5.56 Å². The predicted molar refractivity (Wildman–Crippen MR) is 104 cm³/mol. The summed E-state index contributed by atoms with van der Waals surface area (Å²) in [5.74, 6) is 1.29. The van der Waals surface area contributed by atoms with E-state index in [9.17, 15) is 4.79 Å². The lowest BCUT2D eigenvalue weighted by Crippen LogP contribution is -2.35. The smallest absolute Gasteiger partial charge is 0.230 e. The van der Waals surface area contributed by atoms with Crippen molar-refractivity contribution in [2.45, 2.75) is 17.9 Å². The lowest BCUT2D eigenvalue weighted by atomic mass is 10.1. The van der Waals surface area contributed by atoms with E-state index in [1.54, 1.807) is 18.9 Å². The van der Waals surface area contributed by atoms with Crippen molar-refractivity contribution in [2.24, 2.45) is 0 Å². The number of thioether (sulfide) groups is 1. The summed E-state index contributed by atoms with van der Waals surface area (Å²) in [6.45, 7) is 2.62. The number of hydrogen-bond acceptors (Lipinski definition) is 4. The molecule has 0 spiro atoms. The fourth-order valence-electron chi connectivity index (χ4n) is 2.57. The van der Waals surface area contributed by atoms with E-state index < -0.39 is 0 Å². The monoisotopic (exact) mass is 358 g/mol. The summed E-state index contributed by atoms with van der Waals surface area (Å²) in [6.07, 6.45) is 0. The zero-order chi connectivity index (χ0) is 18.2. The predicted octanol–water partition coefficient (Wildman–Crippen LogP) is 3.51. The third kappa shape index (κ3) is 5.80. The van der Waals surface area contributed by atoms with Crippen LogP contribution in [0.15, 0.2) is 53.4 Å². The molecular formula is C20H26N2O2S. The molecule has 1 atom stereocenters. The molecule has 0 aromatic heterocycles. The molecular weight excluding hydrogens is 332 g/mol. The van der Waals surface area contributed by atoms with Gasteiger partial charge in [0.05, 0.1) is 18.9 Å². The molecule has 1 amide bonds. The molecule has 4 nitrogen and oxygen atoms in total. The minimum atomic E-state index is 0.0444. The first-order valence-electron chi connectivity index (χ1n) is 8.26. The van der Waals surface area contributed by atoms with Gasteiger partial charge in [-0.1, -0.05) is 30.3 Å². The molecule has 0 aliphatic carbocycles. The van der Waals surface area contributed by atoms with Gasteiger partial charge in [-0.05, 0) is 50.3 Å². The van der Waals surface area contributed by atoms with Crippen LogP contribution in [0.3, 0.4) is 0 Å². The van der Waals surface area contributed by atoms with Crippen molar-refractivity contribution in [3.63, 3.8) is 0 Å². The first-order chi connectivity index (χ1) is 12.0. The second-order valence-electron chi connectivity index (χ2n) is 6.11. The van der Waals surface area contributed by atoms with Gasteiger partial charge in [0.2, 0.25) is 5.91 Å². The Balaban J connectivity index is 1.92. The molecule has 0 heterocycles. The lowest BCUT2D eigenvalue weighted by Gasteiger charge is -2.25. The van der Waals surface area contributed by atoms with E-state index in [1.807, 2.05) is 50.5 Å². The van der Waals surface area contributed by atoms with E-state index in [-0.39, 0.29) is 11.9 Å². The number of carbonyl (C=O) groups is 1. The zero-order valence-corrected chi connectivity index (χ0v) is 16.1. The second kappa shape index (κ2) is 9.49. The Labute approximate surface area is 154 Å². The van der Waals surface area contributed by atoms with Crippen molar-refractivity contribution in [2.75, 3.05) is 33.5 Å². The number of methoxy groups -OCH3 is 1. The number of amides is 1. The van der Waals surface area contributed by atoms with Gasteiger partial charge in [-0.2, -0.15) is 0 Å². The van der Waals surface area contributed by atoms with Crippen LogP contribution < -0.4 is 10.1 Å². The van der Waals surface area contributed by atoms with Crippen LogP contribution in [-0.2, 0) is 4.79 Å². The molecule has 0 aliphatic rings. The third-order valence-electron chi connectivity index (χ3n) is 4.05. The van der Waals surface area contributed by atoms with Gasteiger partial charge >= 0.3 is 0 Å². The fraction of sp³-hybridized carbons (Fsp3) is 0.350. The topological polar surface area (TPSA) is 41.6 Å². The summed E-state index contributed by atoms with van der Waals surface area (Å²) in [5.41, 5.74) is 2.32. The summed E-state index contributed by atoms with van der Waals surface area (Å²) < 4.78 is 5.30. The van der Waals surface area contributed by atoms with Gasteiger partial charge in [0, 0.05) is 11.4 Å². The summed E-state index contributed by atoms with van der Waals surface area (Å²) in [6, 6.07) is 16.2. The Morgan fingerprint density at radius 2 is 1.96 bits per heavy atom. The van der Waals surface area contributed by atoms with E-state index in [4.69, 9.17) is 4.74 Å². The Kier molecular flexibility index (Phi) is 7.34. The maximum absolute atomic E-state index is 12.2. The molecule has 0 radical (unpaired) electrons. The van der Waals surface area contributed by atoms with E-state index >= 15 is 0 Å². The van der Waals surface area contributed by atoms with Crippen molar-refractivity contribution < 1.29 is 9.53 Å². The maximum atomic E-state index is 12.2. The van der Waals surface area contributed by atoms with Gasteiger partial charge in [0.1, 0.15) is 5.75 Å². The van der Waals surface area contributed by atoms with E-state index in [0.29, 0.717) is 12.3 Å². The molecule has 1 N–H and O–H groups in total. The van der Waals surface area contributed by atoms with Crippen molar-refractivity contribution >= 4 is 17.7 Å². The zero-order valence-electron chi connectivity index (χ0n) is 15.3. The normalized spacial score (nSPS) is 12.0. The highest BCUT2D eigenvalue weighted by molar-refractivity contribution is 8.00. The lowest BCUT2D eigenvalue weighted by molar-refractivity contribution is -0.118. The van der Waals surface area contributed by atoms with Crippen LogP contribution in [0, 0.1) is 6.92 Å². The summed E-state index contributed by atoms with van der Waals surface area (Å²) in [7, 11) is 5.69. The van der Waals surface area contributed by atoms with Gasteiger partial charge in [-0.25, -0.2) is 0 Å². The van der Waals surface area contributed by atoms with Gasteiger partial charge in [0.15, 0.2) is 0 Å². The quantitative estimate of drug-likeness (QED) is 0.733. The number of nitrogens with zero attached hydrogens (tertiary/aromatic N) is 1. The molecule has 5 heteroatoms. The number of benzene rings is 2. The first-order valence-corrected chi connectivity index (χ1v) is 9.25. The van der Waals surface area contributed by atoms with Crippen LogP contribution in [0.1, 0.15) is 17.2 Å². The molecule has 2 aromatic rings. The first kappa shape index (κ1) is 19.3. The molecule has 134 valence electrons.